The highest BCUT2D eigenvalue weighted by Crippen LogP contribution is 2.29. The van der Waals surface area contributed by atoms with Crippen LogP contribution in [-0.4, -0.2) is 51.9 Å². The molecule has 0 radical (unpaired) electrons. The van der Waals surface area contributed by atoms with Crippen LogP contribution in [0.2, 0.25) is 5.15 Å². The van der Waals surface area contributed by atoms with E-state index in [0.717, 1.165) is 25.9 Å². The third-order valence-electron chi connectivity index (χ3n) is 6.00. The third-order valence-corrected chi connectivity index (χ3v) is 6.27. The molecule has 3 aromatic rings. The Hall–Kier alpha value is -3.04. The molecular formula is C24H27ClFN5O3. The zero-order valence-corrected chi connectivity index (χ0v) is 19.6. The molecule has 1 aliphatic rings. The van der Waals surface area contributed by atoms with E-state index in [4.69, 9.17) is 16.1 Å². The second-order valence-corrected chi connectivity index (χ2v) is 9.06. The van der Waals surface area contributed by atoms with Gasteiger partial charge in [-0.3, -0.25) is 9.59 Å². The number of nitrogens with zero attached hydrogens (tertiary/aromatic N) is 3. The highest BCUT2D eigenvalue weighted by molar-refractivity contribution is 6.31. The Bertz CT molecular complexity index is 1110. The Morgan fingerprint density at radius 3 is 2.68 bits per heavy atom. The van der Waals surface area contributed by atoms with Crippen molar-refractivity contribution in [3.05, 3.63) is 59.1 Å². The lowest BCUT2D eigenvalue weighted by molar-refractivity contribution is -0.130. The molecule has 180 valence electrons. The number of H-pyrrole nitrogens is 1. The van der Waals surface area contributed by atoms with Crippen molar-refractivity contribution in [1.82, 2.24) is 25.3 Å². The maximum atomic E-state index is 13.3. The number of aromatic nitrogens is 3. The third kappa shape index (κ3) is 5.90. The SMILES string of the molecule is CN1CC(C(=O)N[C@@H](CCCCCC(=O)c2ccon2)c2nc(-c3ccc(F)cc3)c(Cl)[nH]2)C1. The van der Waals surface area contributed by atoms with Crippen molar-refractivity contribution in [2.45, 2.75) is 38.1 Å². The summed E-state index contributed by atoms with van der Waals surface area (Å²) in [5.74, 6) is 0.113. The number of rotatable bonds is 11. The minimum Gasteiger partial charge on any atom is -0.364 e. The summed E-state index contributed by atoms with van der Waals surface area (Å²) in [5, 5.41) is 7.12. The van der Waals surface area contributed by atoms with Gasteiger partial charge in [-0.25, -0.2) is 9.37 Å². The van der Waals surface area contributed by atoms with E-state index in [1.807, 2.05) is 7.05 Å². The average molecular weight is 488 g/mol. The van der Waals surface area contributed by atoms with E-state index in [9.17, 15) is 14.0 Å². The van der Waals surface area contributed by atoms with Gasteiger partial charge in [0.25, 0.3) is 0 Å². The van der Waals surface area contributed by atoms with Gasteiger partial charge in [0, 0.05) is 31.1 Å². The molecule has 2 aromatic heterocycles. The lowest BCUT2D eigenvalue weighted by atomic mass is 9.98. The molecule has 0 unspecified atom stereocenters. The van der Waals surface area contributed by atoms with Crippen molar-refractivity contribution in [2.75, 3.05) is 20.1 Å². The normalized spacial score (nSPS) is 15.1. The fourth-order valence-electron chi connectivity index (χ4n) is 4.06. The van der Waals surface area contributed by atoms with Crippen LogP contribution in [0.1, 0.15) is 54.5 Å². The second-order valence-electron chi connectivity index (χ2n) is 8.68. The number of aromatic amines is 1. The highest BCUT2D eigenvalue weighted by atomic mass is 35.5. The minimum absolute atomic E-state index is 0.0137. The predicted molar refractivity (Wildman–Crippen MR) is 125 cm³/mol. The van der Waals surface area contributed by atoms with Gasteiger partial charge in [0.2, 0.25) is 5.91 Å². The van der Waals surface area contributed by atoms with Crippen molar-refractivity contribution in [2.24, 2.45) is 5.92 Å². The van der Waals surface area contributed by atoms with E-state index in [1.54, 1.807) is 18.2 Å². The maximum Gasteiger partial charge on any atom is 0.226 e. The van der Waals surface area contributed by atoms with Crippen LogP contribution in [0.5, 0.6) is 0 Å². The number of nitrogens with one attached hydrogen (secondary N) is 2. The largest absolute Gasteiger partial charge is 0.364 e. The van der Waals surface area contributed by atoms with Crippen LogP contribution in [0.25, 0.3) is 11.3 Å². The Labute approximate surface area is 201 Å². The highest BCUT2D eigenvalue weighted by Gasteiger charge is 2.32. The van der Waals surface area contributed by atoms with Crippen LogP contribution in [0, 0.1) is 11.7 Å². The number of carbonyl (C=O) groups excluding carboxylic acids is 2. The Morgan fingerprint density at radius 1 is 1.24 bits per heavy atom. The summed E-state index contributed by atoms with van der Waals surface area (Å²) in [6.45, 7) is 1.45. The number of ketones is 1. The first-order valence-electron chi connectivity index (χ1n) is 11.3. The molecule has 4 rings (SSSR count). The van der Waals surface area contributed by atoms with Crippen molar-refractivity contribution < 1.29 is 18.5 Å². The van der Waals surface area contributed by atoms with Gasteiger partial charge in [0.05, 0.1) is 12.0 Å². The number of unbranched alkanes of at least 4 members (excludes halogenated alkanes) is 2. The summed E-state index contributed by atoms with van der Waals surface area (Å²) in [4.78, 5) is 34.6. The van der Waals surface area contributed by atoms with Crippen LogP contribution in [0.4, 0.5) is 4.39 Å². The topological polar surface area (TPSA) is 104 Å². The van der Waals surface area contributed by atoms with Gasteiger partial charge in [-0.1, -0.05) is 29.6 Å². The fourth-order valence-corrected chi connectivity index (χ4v) is 4.31. The van der Waals surface area contributed by atoms with Gasteiger partial charge >= 0.3 is 0 Å². The molecule has 34 heavy (non-hydrogen) atoms. The molecule has 2 N–H and O–H groups in total. The molecule has 1 saturated heterocycles. The van der Waals surface area contributed by atoms with E-state index in [2.05, 4.69) is 25.3 Å². The summed E-state index contributed by atoms with van der Waals surface area (Å²) in [7, 11) is 1.98. The van der Waals surface area contributed by atoms with Gasteiger partial charge in [-0.15, -0.1) is 0 Å². The summed E-state index contributed by atoms with van der Waals surface area (Å²) in [6, 6.07) is 7.15. The molecule has 1 aliphatic heterocycles. The summed E-state index contributed by atoms with van der Waals surface area (Å²) >= 11 is 6.41. The van der Waals surface area contributed by atoms with Crippen molar-refractivity contribution in [3.63, 3.8) is 0 Å². The summed E-state index contributed by atoms with van der Waals surface area (Å²) < 4.78 is 18.0. The molecule has 3 heterocycles. The second kappa shape index (κ2) is 10.9. The molecule has 0 aliphatic carbocycles. The molecule has 8 nitrogen and oxygen atoms in total. The van der Waals surface area contributed by atoms with Crippen LogP contribution in [-0.2, 0) is 4.79 Å². The van der Waals surface area contributed by atoms with Crippen LogP contribution < -0.4 is 5.32 Å². The molecule has 0 spiro atoms. The number of imidazole rings is 1. The van der Waals surface area contributed by atoms with E-state index in [-0.39, 0.29) is 29.5 Å². The number of Topliss-reactive ketones (excluding diaryl/α,β-unsaturated/α-hetero) is 1. The van der Waals surface area contributed by atoms with Crippen LogP contribution >= 0.6 is 11.6 Å². The van der Waals surface area contributed by atoms with Crippen molar-refractivity contribution in [1.29, 1.82) is 0 Å². The molecule has 1 aromatic carbocycles. The lowest BCUT2D eigenvalue weighted by Crippen LogP contribution is -2.52. The van der Waals surface area contributed by atoms with E-state index >= 15 is 0 Å². The number of hydrogen-bond acceptors (Lipinski definition) is 6. The van der Waals surface area contributed by atoms with Crippen LogP contribution in [0.3, 0.4) is 0 Å². The number of hydrogen-bond donors (Lipinski definition) is 2. The average Bonchev–Trinajstić information content (AvgIpc) is 3.46. The number of carbonyl (C=O) groups is 2. The quantitative estimate of drug-likeness (QED) is 0.306. The molecule has 10 heteroatoms. The first kappa shape index (κ1) is 24.1. The zero-order chi connectivity index (χ0) is 24.1. The minimum atomic E-state index is -0.351. The maximum absolute atomic E-state index is 13.3. The smallest absolute Gasteiger partial charge is 0.226 e. The molecule has 1 atom stereocenters. The molecule has 1 fully saturated rings. The van der Waals surface area contributed by atoms with Crippen molar-refractivity contribution >= 4 is 23.3 Å². The predicted octanol–water partition coefficient (Wildman–Crippen LogP) is 4.41. The Balaban J connectivity index is 1.39. The first-order chi connectivity index (χ1) is 16.4. The lowest BCUT2D eigenvalue weighted by Gasteiger charge is -2.35. The number of likely N-dealkylation sites (tertiary alicyclic amines) is 1. The number of benzene rings is 1. The molecular weight excluding hydrogens is 461 g/mol. The van der Waals surface area contributed by atoms with E-state index in [1.165, 1.54) is 18.4 Å². The summed E-state index contributed by atoms with van der Waals surface area (Å²) in [6.07, 6.45) is 4.71. The molecule has 1 amide bonds. The standard InChI is InChI=1S/C24H27ClFN5O3/c1-31-13-16(14-31)24(33)27-19(5-3-2-4-6-20(32)18-11-12-34-30-18)23-28-21(22(25)29-23)15-7-9-17(26)10-8-15/h7-12,16,19H,2-6,13-14H2,1H3,(H,27,33)(H,28,29)/t19-/m0/s1. The van der Waals surface area contributed by atoms with Gasteiger partial charge in [-0.2, -0.15) is 0 Å². The Kier molecular flexibility index (Phi) is 7.74. The zero-order valence-electron chi connectivity index (χ0n) is 18.9. The Morgan fingerprint density at radius 2 is 2.00 bits per heavy atom. The van der Waals surface area contributed by atoms with Gasteiger partial charge in [0.15, 0.2) is 5.78 Å². The molecule has 0 saturated carbocycles. The monoisotopic (exact) mass is 487 g/mol. The number of amides is 1. The van der Waals surface area contributed by atoms with E-state index < -0.39 is 0 Å². The number of halogens is 2. The molecule has 0 bridgehead atoms. The van der Waals surface area contributed by atoms with Crippen LogP contribution in [0.15, 0.2) is 41.1 Å². The van der Waals surface area contributed by atoms with Gasteiger partial charge < -0.3 is 19.7 Å². The van der Waals surface area contributed by atoms with Gasteiger partial charge in [0.1, 0.15) is 34.4 Å². The fraction of sp³-hybridized carbons (Fsp3) is 0.417. The summed E-state index contributed by atoms with van der Waals surface area (Å²) in [5.41, 5.74) is 1.54. The first-order valence-corrected chi connectivity index (χ1v) is 11.7. The van der Waals surface area contributed by atoms with Gasteiger partial charge in [-0.05, 0) is 44.2 Å². The van der Waals surface area contributed by atoms with E-state index in [0.29, 0.717) is 47.2 Å². The van der Waals surface area contributed by atoms with Crippen molar-refractivity contribution in [3.8, 4) is 11.3 Å².